The lowest BCUT2D eigenvalue weighted by Crippen LogP contribution is -2.44. The van der Waals surface area contributed by atoms with Gasteiger partial charge in [-0.25, -0.2) is 4.39 Å². The molecule has 28 heavy (non-hydrogen) atoms. The number of ether oxygens (including phenoxy) is 1. The Morgan fingerprint density at radius 3 is 2.82 bits per heavy atom. The van der Waals surface area contributed by atoms with E-state index in [4.69, 9.17) is 9.57 Å². The summed E-state index contributed by atoms with van der Waals surface area (Å²) in [5.74, 6) is 5.44. The summed E-state index contributed by atoms with van der Waals surface area (Å²) in [5, 5.41) is 4.05. The van der Waals surface area contributed by atoms with Crippen LogP contribution in [0.3, 0.4) is 0 Å². The van der Waals surface area contributed by atoms with Crippen LogP contribution in [-0.2, 0) is 25.2 Å². The van der Waals surface area contributed by atoms with Gasteiger partial charge in [0, 0.05) is 41.4 Å². The second-order valence-electron chi connectivity index (χ2n) is 7.32. The minimum absolute atomic E-state index is 0.204. The molecule has 0 amide bonds. The molecule has 5 nitrogen and oxygen atoms in total. The van der Waals surface area contributed by atoms with Crippen LogP contribution in [-0.4, -0.2) is 39.6 Å². The first-order valence-corrected chi connectivity index (χ1v) is 10.9. The fourth-order valence-corrected chi connectivity index (χ4v) is 3.66. The average molecular weight is 405 g/mol. The van der Waals surface area contributed by atoms with E-state index in [0.29, 0.717) is 29.2 Å². The Bertz CT molecular complexity index is 884. The van der Waals surface area contributed by atoms with Gasteiger partial charge in [-0.3, -0.25) is 9.00 Å². The highest BCUT2D eigenvalue weighted by Crippen LogP contribution is 2.29. The Balaban J connectivity index is 1.67. The Morgan fingerprint density at radius 2 is 2.21 bits per heavy atom. The van der Waals surface area contributed by atoms with E-state index in [2.05, 4.69) is 17.0 Å². The van der Waals surface area contributed by atoms with Crippen molar-refractivity contribution in [2.45, 2.75) is 50.4 Å². The highest BCUT2D eigenvalue weighted by molar-refractivity contribution is 7.86. The van der Waals surface area contributed by atoms with Crippen LogP contribution in [0.2, 0.25) is 0 Å². The Kier molecular flexibility index (Phi) is 6.19. The summed E-state index contributed by atoms with van der Waals surface area (Å²) in [4.78, 5) is 17.7. The molecule has 0 N–H and O–H groups in total. The molecule has 0 spiro atoms. The van der Waals surface area contributed by atoms with Gasteiger partial charge in [0.2, 0.25) is 0 Å². The lowest BCUT2D eigenvalue weighted by Gasteiger charge is -2.26. The van der Waals surface area contributed by atoms with Crippen LogP contribution in [0.4, 0.5) is 4.39 Å². The second-order valence-corrected chi connectivity index (χ2v) is 9.13. The van der Waals surface area contributed by atoms with E-state index in [1.165, 1.54) is 12.3 Å². The zero-order valence-electron chi connectivity index (χ0n) is 16.3. The average Bonchev–Trinajstić information content (AvgIpc) is 3.37. The molecule has 3 atom stereocenters. The van der Waals surface area contributed by atoms with Crippen molar-refractivity contribution >= 4 is 22.5 Å². The summed E-state index contributed by atoms with van der Waals surface area (Å²) in [6.45, 7) is 3.53. The molecule has 1 fully saturated rings. The molecule has 0 bridgehead atoms. The van der Waals surface area contributed by atoms with Gasteiger partial charge >= 0.3 is 5.97 Å². The van der Waals surface area contributed by atoms with Gasteiger partial charge in [0.05, 0.1) is 17.9 Å². The highest BCUT2D eigenvalue weighted by Gasteiger charge is 2.43. The van der Waals surface area contributed by atoms with Crippen molar-refractivity contribution in [1.29, 1.82) is 0 Å². The largest absolute Gasteiger partial charge is 0.465 e. The second kappa shape index (κ2) is 8.44. The molecule has 1 heterocycles. The number of benzene rings is 1. The quantitative estimate of drug-likeness (QED) is 0.539. The van der Waals surface area contributed by atoms with Crippen LogP contribution in [0.25, 0.3) is 0 Å². The maximum atomic E-state index is 14.3. The van der Waals surface area contributed by atoms with Gasteiger partial charge in [-0.05, 0) is 38.8 Å². The van der Waals surface area contributed by atoms with Crippen molar-refractivity contribution in [1.82, 2.24) is 0 Å². The molecule has 1 saturated carbocycles. The highest BCUT2D eigenvalue weighted by atomic mass is 32.2. The summed E-state index contributed by atoms with van der Waals surface area (Å²) in [6, 6.07) is 4.83. The number of carbonyl (C=O) groups excluding carboxylic acids is 1. The maximum absolute atomic E-state index is 14.3. The zero-order chi connectivity index (χ0) is 20.3. The normalized spacial score (nSPS) is 21.6. The number of carbonyl (C=O) groups is 1. The molecule has 1 aromatic carbocycles. The summed E-state index contributed by atoms with van der Waals surface area (Å²) in [7, 11) is -1.44. The fourth-order valence-electron chi connectivity index (χ4n) is 2.95. The lowest BCUT2D eigenvalue weighted by molar-refractivity contribution is -0.146. The van der Waals surface area contributed by atoms with Gasteiger partial charge in [0.25, 0.3) is 0 Å². The van der Waals surface area contributed by atoms with E-state index in [1.54, 1.807) is 26.0 Å². The fraction of sp³-hybridized carbons (Fsp3) is 0.524. The summed E-state index contributed by atoms with van der Waals surface area (Å²) in [6.07, 6.45) is 3.84. The smallest absolute Gasteiger partial charge is 0.324 e. The first kappa shape index (κ1) is 20.5. The van der Waals surface area contributed by atoms with Crippen LogP contribution in [0, 0.1) is 23.6 Å². The van der Waals surface area contributed by atoms with E-state index in [1.807, 2.05) is 0 Å². The topological polar surface area (TPSA) is 65.0 Å². The van der Waals surface area contributed by atoms with E-state index >= 15 is 0 Å². The van der Waals surface area contributed by atoms with E-state index in [0.717, 1.165) is 12.8 Å². The molecule has 150 valence electrons. The summed E-state index contributed by atoms with van der Waals surface area (Å²) < 4.78 is 30.4. The van der Waals surface area contributed by atoms with Gasteiger partial charge in [-0.1, -0.05) is 23.1 Å². The number of hydrogen-bond acceptors (Lipinski definition) is 5. The predicted octanol–water partition coefficient (Wildman–Crippen LogP) is 3.17. The van der Waals surface area contributed by atoms with Gasteiger partial charge in [0.1, 0.15) is 16.7 Å². The molecule has 0 saturated heterocycles. The van der Waals surface area contributed by atoms with Gasteiger partial charge in [-0.15, -0.1) is 0 Å². The molecular weight excluding hydrogens is 381 g/mol. The molecule has 7 heteroatoms. The third-order valence-electron chi connectivity index (χ3n) is 4.98. The molecule has 3 rings (SSSR count). The maximum Gasteiger partial charge on any atom is 0.324 e. The zero-order valence-corrected chi connectivity index (χ0v) is 17.1. The minimum Gasteiger partial charge on any atom is -0.465 e. The van der Waals surface area contributed by atoms with E-state index < -0.39 is 27.6 Å². The third-order valence-corrected chi connectivity index (χ3v) is 6.58. The van der Waals surface area contributed by atoms with Crippen LogP contribution in [0.15, 0.2) is 23.4 Å². The monoisotopic (exact) mass is 405 g/mol. The van der Waals surface area contributed by atoms with Crippen molar-refractivity contribution in [2.75, 3.05) is 12.9 Å². The van der Waals surface area contributed by atoms with Gasteiger partial charge < -0.3 is 9.57 Å². The predicted molar refractivity (Wildman–Crippen MR) is 106 cm³/mol. The lowest BCUT2D eigenvalue weighted by atomic mass is 9.96. The SMILES string of the molecule is CCOC(=O)C(C)(CC1CC(c2ccc(C#CC3CC3)c(F)c2)=NO1)S(C)=O. The van der Waals surface area contributed by atoms with Crippen LogP contribution in [0.5, 0.6) is 0 Å². The molecule has 1 aromatic rings. The number of hydrogen-bond donors (Lipinski definition) is 0. The number of esters is 1. The number of rotatable bonds is 6. The minimum atomic E-state index is -1.44. The standard InChI is InChI=1S/C21H24FNO4S/c1-4-26-20(24)21(2,28(3)25)13-17-12-19(23-27-17)16-10-9-15(18(22)11-16)8-7-14-5-6-14/h9-11,14,17H,4-6,12-13H2,1-3H3. The van der Waals surface area contributed by atoms with Crippen molar-refractivity contribution < 1.29 is 23.0 Å². The number of nitrogens with zero attached hydrogens (tertiary/aromatic N) is 1. The molecule has 3 unspecified atom stereocenters. The van der Waals surface area contributed by atoms with Gasteiger partial charge in [-0.2, -0.15) is 0 Å². The Labute approximate surface area is 167 Å². The molecule has 2 aliphatic rings. The molecule has 0 aromatic heterocycles. The van der Waals surface area contributed by atoms with Crippen molar-refractivity contribution in [3.05, 3.63) is 35.1 Å². The first-order valence-electron chi connectivity index (χ1n) is 9.38. The Hall–Kier alpha value is -2.20. The van der Waals surface area contributed by atoms with E-state index in [9.17, 15) is 13.4 Å². The molecule has 1 aliphatic carbocycles. The third kappa shape index (κ3) is 4.61. The summed E-state index contributed by atoms with van der Waals surface area (Å²) >= 11 is 0. The Morgan fingerprint density at radius 1 is 1.46 bits per heavy atom. The van der Waals surface area contributed by atoms with Gasteiger partial charge in [0.15, 0.2) is 0 Å². The summed E-state index contributed by atoms with van der Waals surface area (Å²) in [5.41, 5.74) is 1.59. The van der Waals surface area contributed by atoms with Crippen LogP contribution >= 0.6 is 0 Å². The van der Waals surface area contributed by atoms with E-state index in [-0.39, 0.29) is 18.8 Å². The van der Waals surface area contributed by atoms with Crippen LogP contribution in [0.1, 0.15) is 50.7 Å². The molecule has 1 aliphatic heterocycles. The molecular formula is C21H24FNO4S. The molecule has 0 radical (unpaired) electrons. The number of oxime groups is 1. The van der Waals surface area contributed by atoms with Crippen LogP contribution < -0.4 is 0 Å². The van der Waals surface area contributed by atoms with Crippen molar-refractivity contribution in [3.8, 4) is 11.8 Å². The van der Waals surface area contributed by atoms with Crippen molar-refractivity contribution in [3.63, 3.8) is 0 Å². The first-order chi connectivity index (χ1) is 13.3. The number of halogens is 1. The van der Waals surface area contributed by atoms with Crippen molar-refractivity contribution in [2.24, 2.45) is 11.1 Å².